The zero-order valence-corrected chi connectivity index (χ0v) is 8.65. The third-order valence-electron chi connectivity index (χ3n) is 2.07. The van der Waals surface area contributed by atoms with Crippen LogP contribution in [0.2, 0.25) is 0 Å². The molecule has 1 unspecified atom stereocenters. The van der Waals surface area contributed by atoms with E-state index in [-0.39, 0.29) is 5.91 Å². The number of hydrogen-bond donors (Lipinski definition) is 2. The Bertz CT molecular complexity index is 204. The van der Waals surface area contributed by atoms with Gasteiger partial charge in [0.1, 0.15) is 0 Å². The molecule has 0 aliphatic carbocycles. The first kappa shape index (κ1) is 10.7. The van der Waals surface area contributed by atoms with Gasteiger partial charge < -0.3 is 10.6 Å². The lowest BCUT2D eigenvalue weighted by Gasteiger charge is -2.27. The molecule has 76 valence electrons. The summed E-state index contributed by atoms with van der Waals surface area (Å²) < 4.78 is 10.7. The quantitative estimate of drug-likeness (QED) is 0.609. The van der Waals surface area contributed by atoms with Crippen LogP contribution in [-0.2, 0) is 15.6 Å². The van der Waals surface area contributed by atoms with Gasteiger partial charge in [-0.25, -0.2) is 0 Å². The van der Waals surface area contributed by atoms with Crippen LogP contribution in [0.5, 0.6) is 0 Å². The highest BCUT2D eigenvalue weighted by Crippen LogP contribution is 1.99. The summed E-state index contributed by atoms with van der Waals surface area (Å²) in [6, 6.07) is 0. The highest BCUT2D eigenvalue weighted by Gasteiger charge is 2.16. The van der Waals surface area contributed by atoms with Gasteiger partial charge in [0, 0.05) is 54.8 Å². The first-order valence-electron chi connectivity index (χ1n) is 4.46. The van der Waals surface area contributed by atoms with Gasteiger partial charge in [0.05, 0.1) is 0 Å². The monoisotopic (exact) mass is 204 g/mol. The van der Waals surface area contributed by atoms with Crippen LogP contribution in [0.3, 0.4) is 0 Å². The molecule has 0 radical (unpaired) electrons. The first-order valence-corrected chi connectivity index (χ1v) is 6.18. The van der Waals surface area contributed by atoms with E-state index in [0.717, 1.165) is 19.6 Å². The van der Waals surface area contributed by atoms with Crippen molar-refractivity contribution in [1.82, 2.24) is 10.6 Å². The van der Waals surface area contributed by atoms with E-state index in [4.69, 9.17) is 0 Å². The maximum atomic E-state index is 11.1. The topological polar surface area (TPSA) is 58.2 Å². The summed E-state index contributed by atoms with van der Waals surface area (Å²) in [4.78, 5) is 11.1. The second kappa shape index (κ2) is 5.34. The Kier molecular flexibility index (Phi) is 4.38. The molecule has 1 saturated heterocycles. The minimum Gasteiger partial charge on any atom is -0.356 e. The number of nitrogens with one attached hydrogen (secondary N) is 2. The molecule has 1 rings (SSSR count). The zero-order valence-electron chi connectivity index (χ0n) is 7.84. The van der Waals surface area contributed by atoms with Crippen molar-refractivity contribution in [2.75, 3.05) is 31.6 Å². The molecule has 1 aliphatic heterocycles. The van der Waals surface area contributed by atoms with Crippen molar-refractivity contribution in [3.8, 4) is 0 Å². The van der Waals surface area contributed by atoms with Crippen LogP contribution in [-0.4, -0.2) is 41.8 Å². The lowest BCUT2D eigenvalue weighted by Crippen LogP contribution is -2.48. The maximum Gasteiger partial charge on any atom is 0.220 e. The fraction of sp³-hybridized carbons (Fsp3) is 0.875. The second-order valence-corrected chi connectivity index (χ2v) is 4.91. The van der Waals surface area contributed by atoms with Crippen LogP contribution in [0.15, 0.2) is 0 Å². The molecule has 1 amide bonds. The molecule has 0 aromatic heterocycles. The highest BCUT2D eigenvalue weighted by atomic mass is 32.2. The summed E-state index contributed by atoms with van der Waals surface area (Å²) in [6.07, 6.45) is 1.99. The summed E-state index contributed by atoms with van der Waals surface area (Å²) >= 11 is 0. The fourth-order valence-corrected chi connectivity index (χ4v) is 1.55. The van der Waals surface area contributed by atoms with E-state index in [0.29, 0.717) is 18.1 Å². The minimum atomic E-state index is -0.861. The van der Waals surface area contributed by atoms with Crippen molar-refractivity contribution in [2.24, 2.45) is 5.92 Å². The van der Waals surface area contributed by atoms with Gasteiger partial charge in [-0.2, -0.15) is 0 Å². The van der Waals surface area contributed by atoms with E-state index < -0.39 is 10.8 Å². The van der Waals surface area contributed by atoms with Crippen LogP contribution >= 0.6 is 0 Å². The van der Waals surface area contributed by atoms with Gasteiger partial charge in [-0.3, -0.25) is 9.00 Å². The fourth-order valence-electron chi connectivity index (χ4n) is 1.08. The summed E-state index contributed by atoms with van der Waals surface area (Å²) in [5, 5.41) is 5.96. The molecule has 4 nitrogen and oxygen atoms in total. The van der Waals surface area contributed by atoms with Gasteiger partial charge in [0.15, 0.2) is 0 Å². The summed E-state index contributed by atoms with van der Waals surface area (Å²) in [5.74, 6) is 1.08. The molecule has 13 heavy (non-hydrogen) atoms. The molecule has 0 bridgehead atoms. The molecular formula is C8H16N2O2S. The summed E-state index contributed by atoms with van der Waals surface area (Å²) in [5.41, 5.74) is 0. The Morgan fingerprint density at radius 2 is 2.31 bits per heavy atom. The predicted molar refractivity (Wildman–Crippen MR) is 52.9 cm³/mol. The summed E-state index contributed by atoms with van der Waals surface area (Å²) in [7, 11) is -0.861. The molecule has 5 heteroatoms. The highest BCUT2D eigenvalue weighted by molar-refractivity contribution is 7.84. The minimum absolute atomic E-state index is 0.0158. The number of carbonyl (C=O) groups excluding carboxylic acids is 1. The van der Waals surface area contributed by atoms with Gasteiger partial charge in [-0.15, -0.1) is 0 Å². The third-order valence-corrected chi connectivity index (χ3v) is 2.85. The number of hydrogen-bond acceptors (Lipinski definition) is 3. The number of rotatable bonds is 5. The van der Waals surface area contributed by atoms with E-state index in [1.165, 1.54) is 0 Å². The molecule has 0 aromatic carbocycles. The molecule has 0 aromatic rings. The molecule has 1 fully saturated rings. The first-order chi connectivity index (χ1) is 6.18. The normalized spacial score (nSPS) is 19.2. The van der Waals surface area contributed by atoms with Gasteiger partial charge in [-0.1, -0.05) is 0 Å². The average molecular weight is 204 g/mol. The molecule has 0 saturated carbocycles. The Hall–Kier alpha value is -0.420. The van der Waals surface area contributed by atoms with Crippen molar-refractivity contribution in [2.45, 2.75) is 6.42 Å². The van der Waals surface area contributed by atoms with Crippen LogP contribution in [0, 0.1) is 5.92 Å². The van der Waals surface area contributed by atoms with Gasteiger partial charge in [0.25, 0.3) is 0 Å². The van der Waals surface area contributed by atoms with Crippen LogP contribution in [0.4, 0.5) is 0 Å². The van der Waals surface area contributed by atoms with Crippen molar-refractivity contribution in [1.29, 1.82) is 0 Å². The lowest BCUT2D eigenvalue weighted by molar-refractivity contribution is -0.120. The predicted octanol–water partition coefficient (Wildman–Crippen LogP) is -0.909. The number of amides is 1. The molecular weight excluding hydrogens is 188 g/mol. The van der Waals surface area contributed by atoms with Crippen molar-refractivity contribution < 1.29 is 9.00 Å². The van der Waals surface area contributed by atoms with E-state index in [9.17, 15) is 9.00 Å². The Morgan fingerprint density at radius 1 is 1.62 bits per heavy atom. The number of carbonyl (C=O) groups is 1. The summed E-state index contributed by atoms with van der Waals surface area (Å²) in [6.45, 7) is 2.75. The third kappa shape index (κ3) is 4.38. The SMILES string of the molecule is CS(=O)CCC(=O)NCC1CNC1. The maximum absolute atomic E-state index is 11.1. The van der Waals surface area contributed by atoms with Crippen LogP contribution in [0.1, 0.15) is 6.42 Å². The Balaban J connectivity index is 2.00. The van der Waals surface area contributed by atoms with Gasteiger partial charge >= 0.3 is 0 Å². The van der Waals surface area contributed by atoms with E-state index in [1.807, 2.05) is 0 Å². The van der Waals surface area contributed by atoms with Crippen molar-refractivity contribution in [3.63, 3.8) is 0 Å². The second-order valence-electron chi connectivity index (χ2n) is 3.36. The van der Waals surface area contributed by atoms with Crippen LogP contribution in [0.25, 0.3) is 0 Å². The molecule has 1 heterocycles. The molecule has 2 N–H and O–H groups in total. The molecule has 0 spiro atoms. The Morgan fingerprint density at radius 3 is 2.77 bits per heavy atom. The zero-order chi connectivity index (χ0) is 9.68. The van der Waals surface area contributed by atoms with E-state index in [2.05, 4.69) is 10.6 Å². The molecule has 1 atom stereocenters. The van der Waals surface area contributed by atoms with E-state index >= 15 is 0 Å². The van der Waals surface area contributed by atoms with E-state index in [1.54, 1.807) is 6.26 Å². The van der Waals surface area contributed by atoms with Gasteiger partial charge in [0.2, 0.25) is 5.91 Å². The lowest BCUT2D eigenvalue weighted by atomic mass is 10.0. The smallest absolute Gasteiger partial charge is 0.220 e. The van der Waals surface area contributed by atoms with Crippen molar-refractivity contribution in [3.05, 3.63) is 0 Å². The molecule has 1 aliphatic rings. The van der Waals surface area contributed by atoms with Crippen LogP contribution < -0.4 is 10.6 Å². The average Bonchev–Trinajstić information content (AvgIpc) is 1.98. The Labute approximate surface area is 80.9 Å². The van der Waals surface area contributed by atoms with Gasteiger partial charge in [-0.05, 0) is 0 Å². The largest absolute Gasteiger partial charge is 0.356 e. The standard InChI is InChI=1S/C8H16N2O2S/c1-13(12)3-2-8(11)10-6-7-4-9-5-7/h7,9H,2-6H2,1H3,(H,10,11). The van der Waals surface area contributed by atoms with Crippen molar-refractivity contribution >= 4 is 16.7 Å².